The molecule has 0 spiro atoms. The second-order valence-electron chi connectivity index (χ2n) is 2.68. The normalized spacial score (nSPS) is 15.7. The highest BCUT2D eigenvalue weighted by Gasteiger charge is 2.25. The van der Waals surface area contributed by atoms with Crippen LogP contribution < -0.4 is 4.72 Å². The maximum atomic E-state index is 10.9. The molecule has 0 aromatic heterocycles. The molecule has 3 nitrogen and oxygen atoms in total. The molecule has 0 aliphatic heterocycles. The van der Waals surface area contributed by atoms with E-state index >= 15 is 0 Å². The van der Waals surface area contributed by atoms with Crippen LogP contribution in [-0.4, -0.2) is 21.1 Å². The zero-order valence-electron chi connectivity index (χ0n) is 5.97. The van der Waals surface area contributed by atoms with E-state index in [1.165, 1.54) is 0 Å². The fourth-order valence-electron chi connectivity index (χ4n) is 0.275. The van der Waals surface area contributed by atoms with Gasteiger partial charge in [0.2, 0.25) is 0 Å². The van der Waals surface area contributed by atoms with Gasteiger partial charge in [0.15, 0.2) is 0 Å². The maximum Gasteiger partial charge on any atom is 0.137 e. The molecule has 0 amide bonds. The van der Waals surface area contributed by atoms with Gasteiger partial charge in [-0.05, 0) is 20.8 Å². The summed E-state index contributed by atoms with van der Waals surface area (Å²) in [6.07, 6.45) is 0. The van der Waals surface area contributed by atoms with E-state index in [2.05, 4.69) is 4.72 Å². The fourth-order valence-corrected chi connectivity index (χ4v) is 0.825. The smallest absolute Gasteiger partial charge is 0.137 e. The summed E-state index contributed by atoms with van der Waals surface area (Å²) in [5.41, 5.74) is 0. The lowest BCUT2D eigenvalue weighted by molar-refractivity contribution is 0.286. The Labute approximate surface area is 58.8 Å². The molecular weight excluding hydrogens is 138 g/mol. The Morgan fingerprint density at radius 3 is 2.11 bits per heavy atom. The third-order valence-corrected chi connectivity index (χ3v) is 2.26. The van der Waals surface area contributed by atoms with Crippen LogP contribution in [0.3, 0.4) is 0 Å². The zero-order valence-corrected chi connectivity index (χ0v) is 6.79. The van der Waals surface area contributed by atoms with Gasteiger partial charge in [-0.3, -0.25) is 0 Å². The highest BCUT2D eigenvalue weighted by atomic mass is 32.2. The van der Waals surface area contributed by atoms with Crippen molar-refractivity contribution in [3.05, 3.63) is 0 Å². The quantitative estimate of drug-likeness (QED) is 0.431. The summed E-state index contributed by atoms with van der Waals surface area (Å²) in [6, 6.07) is 0. The SMILES string of the molecule is CC(C)(C)[S+]([O-])NCO. The minimum absolute atomic E-state index is 0.232. The number of aliphatic hydroxyl groups excluding tert-OH is 1. The first-order valence-corrected chi connectivity index (χ1v) is 3.89. The summed E-state index contributed by atoms with van der Waals surface area (Å²) in [4.78, 5) is 0. The van der Waals surface area contributed by atoms with E-state index in [1.54, 1.807) is 0 Å². The first-order chi connectivity index (χ1) is 3.98. The van der Waals surface area contributed by atoms with Crippen molar-refractivity contribution in [1.82, 2.24) is 4.72 Å². The second kappa shape index (κ2) is 3.41. The molecule has 9 heavy (non-hydrogen) atoms. The van der Waals surface area contributed by atoms with Crippen molar-refractivity contribution >= 4 is 11.4 Å². The Hall–Kier alpha value is 0.230. The Morgan fingerprint density at radius 2 is 2.00 bits per heavy atom. The molecule has 0 aliphatic carbocycles. The van der Waals surface area contributed by atoms with Gasteiger partial charge in [-0.2, -0.15) is 0 Å². The van der Waals surface area contributed by atoms with E-state index in [4.69, 9.17) is 5.11 Å². The summed E-state index contributed by atoms with van der Waals surface area (Å²) in [5, 5.41) is 8.30. The van der Waals surface area contributed by atoms with Gasteiger partial charge in [-0.25, -0.2) is 0 Å². The predicted octanol–water partition coefficient (Wildman–Crippen LogP) is -0.0120. The van der Waals surface area contributed by atoms with Gasteiger partial charge < -0.3 is 9.66 Å². The molecule has 0 aliphatic rings. The standard InChI is InChI=1S/C5H13NO2S/c1-5(2,3)9(8)6-4-7/h6-7H,4H2,1-3H3. The van der Waals surface area contributed by atoms with Crippen molar-refractivity contribution in [2.45, 2.75) is 25.5 Å². The average molecular weight is 151 g/mol. The lowest BCUT2D eigenvalue weighted by Gasteiger charge is -2.22. The number of rotatable bonds is 2. The summed E-state index contributed by atoms with van der Waals surface area (Å²) < 4.78 is 13.0. The van der Waals surface area contributed by atoms with Crippen molar-refractivity contribution in [3.8, 4) is 0 Å². The minimum Gasteiger partial charge on any atom is -0.598 e. The van der Waals surface area contributed by atoms with Crippen molar-refractivity contribution < 1.29 is 9.66 Å². The van der Waals surface area contributed by atoms with Crippen LogP contribution in [0.5, 0.6) is 0 Å². The van der Waals surface area contributed by atoms with Gasteiger partial charge in [0.25, 0.3) is 0 Å². The molecule has 4 heteroatoms. The topological polar surface area (TPSA) is 55.3 Å². The van der Waals surface area contributed by atoms with Gasteiger partial charge in [0.1, 0.15) is 11.5 Å². The van der Waals surface area contributed by atoms with Crippen molar-refractivity contribution in [2.75, 3.05) is 6.73 Å². The van der Waals surface area contributed by atoms with Gasteiger partial charge in [0.05, 0.1) is 0 Å². The van der Waals surface area contributed by atoms with E-state index in [0.29, 0.717) is 0 Å². The van der Waals surface area contributed by atoms with E-state index in [0.717, 1.165) is 0 Å². The van der Waals surface area contributed by atoms with E-state index in [1.807, 2.05) is 20.8 Å². The van der Waals surface area contributed by atoms with Gasteiger partial charge in [-0.1, -0.05) is 0 Å². The third kappa shape index (κ3) is 3.75. The summed E-state index contributed by atoms with van der Waals surface area (Å²) in [7, 11) is 0. The van der Waals surface area contributed by atoms with Crippen LogP contribution in [0.4, 0.5) is 0 Å². The molecule has 1 unspecified atom stereocenters. The van der Waals surface area contributed by atoms with Gasteiger partial charge in [-0.15, -0.1) is 4.72 Å². The van der Waals surface area contributed by atoms with Crippen LogP contribution in [-0.2, 0) is 11.4 Å². The predicted molar refractivity (Wildman–Crippen MR) is 38.1 cm³/mol. The minimum atomic E-state index is -1.14. The van der Waals surface area contributed by atoms with Gasteiger partial charge >= 0.3 is 0 Å². The molecule has 0 fully saturated rings. The number of hydrogen-bond donors (Lipinski definition) is 2. The van der Waals surface area contributed by atoms with Crippen LogP contribution in [0.25, 0.3) is 0 Å². The fraction of sp³-hybridized carbons (Fsp3) is 1.00. The Bertz CT molecular complexity index is 81.5. The molecule has 56 valence electrons. The molecule has 0 aromatic carbocycles. The van der Waals surface area contributed by atoms with Gasteiger partial charge in [0, 0.05) is 11.4 Å². The molecule has 0 bridgehead atoms. The van der Waals surface area contributed by atoms with Crippen LogP contribution >= 0.6 is 0 Å². The van der Waals surface area contributed by atoms with Crippen LogP contribution in [0.15, 0.2) is 0 Å². The molecule has 2 N–H and O–H groups in total. The van der Waals surface area contributed by atoms with Crippen molar-refractivity contribution in [3.63, 3.8) is 0 Å². The molecule has 0 rings (SSSR count). The second-order valence-corrected chi connectivity index (χ2v) is 4.73. The molecule has 0 saturated heterocycles. The number of aliphatic hydroxyl groups is 1. The third-order valence-electron chi connectivity index (χ3n) is 0.752. The summed E-state index contributed by atoms with van der Waals surface area (Å²) >= 11 is -1.14. The number of hydrogen-bond acceptors (Lipinski definition) is 3. The first-order valence-electron chi connectivity index (χ1n) is 2.74. The molecule has 0 saturated carbocycles. The zero-order chi connectivity index (χ0) is 7.49. The Kier molecular flexibility index (Phi) is 3.50. The highest BCUT2D eigenvalue weighted by molar-refractivity contribution is 7.90. The number of nitrogens with one attached hydrogen (secondary N) is 1. The van der Waals surface area contributed by atoms with E-state index < -0.39 is 11.4 Å². The largest absolute Gasteiger partial charge is 0.598 e. The lowest BCUT2D eigenvalue weighted by Crippen LogP contribution is -2.39. The first kappa shape index (κ1) is 9.23. The van der Waals surface area contributed by atoms with Crippen LogP contribution in [0, 0.1) is 0 Å². The van der Waals surface area contributed by atoms with E-state index in [-0.39, 0.29) is 11.5 Å². The Balaban J connectivity index is 3.59. The average Bonchev–Trinajstić information content (AvgIpc) is 1.64. The van der Waals surface area contributed by atoms with Crippen molar-refractivity contribution in [2.24, 2.45) is 0 Å². The van der Waals surface area contributed by atoms with Crippen LogP contribution in [0.1, 0.15) is 20.8 Å². The summed E-state index contributed by atoms with van der Waals surface area (Å²) in [5.74, 6) is 0. The Morgan fingerprint density at radius 1 is 1.56 bits per heavy atom. The molecule has 1 atom stereocenters. The molecule has 0 aromatic rings. The van der Waals surface area contributed by atoms with Crippen LogP contribution in [0.2, 0.25) is 0 Å². The maximum absolute atomic E-state index is 10.9. The highest BCUT2D eigenvalue weighted by Crippen LogP contribution is 2.11. The van der Waals surface area contributed by atoms with Crippen molar-refractivity contribution in [1.29, 1.82) is 0 Å². The lowest BCUT2D eigenvalue weighted by atomic mass is 10.3. The monoisotopic (exact) mass is 151 g/mol. The molecular formula is C5H13NO2S. The molecule has 0 heterocycles. The van der Waals surface area contributed by atoms with E-state index in [9.17, 15) is 4.55 Å². The molecule has 0 radical (unpaired) electrons. The summed E-state index contributed by atoms with van der Waals surface area (Å²) in [6.45, 7) is 5.28.